The van der Waals surface area contributed by atoms with Crippen LogP contribution < -0.4 is 10.6 Å². The van der Waals surface area contributed by atoms with Crippen molar-refractivity contribution in [1.29, 1.82) is 0 Å². The van der Waals surface area contributed by atoms with Gasteiger partial charge in [-0.2, -0.15) is 0 Å². The van der Waals surface area contributed by atoms with E-state index in [1.165, 1.54) is 11.8 Å². The molecule has 4 rings (SSSR count). The Morgan fingerprint density at radius 3 is 2.48 bits per heavy atom. The molecule has 0 radical (unpaired) electrons. The first-order valence-electron chi connectivity index (χ1n) is 10.8. The van der Waals surface area contributed by atoms with E-state index in [9.17, 15) is 9.59 Å². The lowest BCUT2D eigenvalue weighted by atomic mass is 10.1. The number of nitrogens with one attached hydrogen (secondary N) is 2. The zero-order valence-corrected chi connectivity index (χ0v) is 19.5. The molecule has 0 spiro atoms. The van der Waals surface area contributed by atoms with Crippen LogP contribution in [0, 0.1) is 13.8 Å². The van der Waals surface area contributed by atoms with Crippen LogP contribution in [-0.4, -0.2) is 27.1 Å². The second-order valence-corrected chi connectivity index (χ2v) is 8.83. The van der Waals surface area contributed by atoms with E-state index >= 15 is 0 Å². The molecular formula is C26H26N4O2S. The Hall–Kier alpha value is -3.58. The highest BCUT2D eigenvalue weighted by Gasteiger charge is 2.16. The van der Waals surface area contributed by atoms with Crippen LogP contribution in [0.1, 0.15) is 16.7 Å². The molecule has 0 aliphatic rings. The first-order chi connectivity index (χ1) is 16.0. The highest BCUT2D eigenvalue weighted by atomic mass is 32.2. The molecule has 0 bridgehead atoms. The topological polar surface area (TPSA) is 76.0 Å². The molecule has 2 N–H and O–H groups in total. The summed E-state index contributed by atoms with van der Waals surface area (Å²) >= 11 is 1.33. The standard InChI is InChI=1S/C26H26N4O2S/c1-18-12-13-21(19(2)14-18)28-24(31)16-30-23-11-7-6-10-22(23)29-26(30)33-17-25(32)27-15-20-8-4-3-5-9-20/h3-14H,15-17H2,1-2H3,(H,27,32)(H,28,31). The fourth-order valence-corrected chi connectivity index (χ4v) is 4.43. The van der Waals surface area contributed by atoms with Crippen molar-refractivity contribution >= 4 is 40.3 Å². The fraction of sp³-hybridized carbons (Fsp3) is 0.192. The van der Waals surface area contributed by atoms with E-state index in [2.05, 4.69) is 15.6 Å². The van der Waals surface area contributed by atoms with Gasteiger partial charge in [0.05, 0.1) is 16.8 Å². The minimum atomic E-state index is -0.138. The number of carbonyl (C=O) groups excluding carboxylic acids is 2. The third-order valence-electron chi connectivity index (χ3n) is 5.24. The minimum Gasteiger partial charge on any atom is -0.351 e. The van der Waals surface area contributed by atoms with E-state index in [4.69, 9.17) is 0 Å². The summed E-state index contributed by atoms with van der Waals surface area (Å²) in [5.74, 6) is -0.00264. The largest absolute Gasteiger partial charge is 0.351 e. The van der Waals surface area contributed by atoms with Crippen molar-refractivity contribution in [2.75, 3.05) is 11.1 Å². The summed E-state index contributed by atoms with van der Waals surface area (Å²) in [5.41, 5.74) is 5.67. The molecule has 0 aliphatic heterocycles. The van der Waals surface area contributed by atoms with Crippen LogP contribution >= 0.6 is 11.8 Å². The molecule has 6 nitrogen and oxygen atoms in total. The van der Waals surface area contributed by atoms with Crippen molar-refractivity contribution in [2.45, 2.75) is 32.1 Å². The van der Waals surface area contributed by atoms with Crippen molar-refractivity contribution in [3.05, 3.63) is 89.5 Å². The number of hydrogen-bond acceptors (Lipinski definition) is 4. The number of para-hydroxylation sites is 2. The number of thioether (sulfide) groups is 1. The van der Waals surface area contributed by atoms with Gasteiger partial charge in [0.2, 0.25) is 11.8 Å². The van der Waals surface area contributed by atoms with Crippen molar-refractivity contribution in [1.82, 2.24) is 14.9 Å². The first kappa shape index (κ1) is 22.6. The summed E-state index contributed by atoms with van der Waals surface area (Å²) in [7, 11) is 0. The summed E-state index contributed by atoms with van der Waals surface area (Å²) in [6.45, 7) is 4.59. The molecule has 33 heavy (non-hydrogen) atoms. The molecule has 1 heterocycles. The maximum Gasteiger partial charge on any atom is 0.244 e. The van der Waals surface area contributed by atoms with Gasteiger partial charge in [0.1, 0.15) is 6.54 Å². The number of nitrogens with zero attached hydrogens (tertiary/aromatic N) is 2. The van der Waals surface area contributed by atoms with Gasteiger partial charge in [-0.25, -0.2) is 4.98 Å². The van der Waals surface area contributed by atoms with Crippen LogP contribution in [0.25, 0.3) is 11.0 Å². The van der Waals surface area contributed by atoms with Gasteiger partial charge >= 0.3 is 0 Å². The molecule has 168 valence electrons. The molecule has 3 aromatic carbocycles. The van der Waals surface area contributed by atoms with Crippen LogP contribution in [0.4, 0.5) is 5.69 Å². The van der Waals surface area contributed by atoms with Crippen LogP contribution in [-0.2, 0) is 22.7 Å². The van der Waals surface area contributed by atoms with Gasteiger partial charge in [0.15, 0.2) is 5.16 Å². The zero-order chi connectivity index (χ0) is 23.2. The molecule has 0 unspecified atom stereocenters. The Kier molecular flexibility index (Phi) is 7.10. The van der Waals surface area contributed by atoms with Crippen LogP contribution in [0.3, 0.4) is 0 Å². The lowest BCUT2D eigenvalue weighted by molar-refractivity contribution is -0.118. The smallest absolute Gasteiger partial charge is 0.244 e. The second-order valence-electron chi connectivity index (χ2n) is 7.89. The number of fused-ring (bicyclic) bond motifs is 1. The summed E-state index contributed by atoms with van der Waals surface area (Å²) in [5, 5.41) is 6.57. The number of anilines is 1. The molecule has 7 heteroatoms. The number of benzene rings is 3. The lowest BCUT2D eigenvalue weighted by Crippen LogP contribution is -2.25. The molecule has 1 aromatic heterocycles. The molecule has 0 fully saturated rings. The summed E-state index contributed by atoms with van der Waals surface area (Å²) in [4.78, 5) is 29.9. The molecule has 4 aromatic rings. The number of aromatic nitrogens is 2. The Balaban J connectivity index is 1.45. The van der Waals surface area contributed by atoms with Crippen molar-refractivity contribution in [2.24, 2.45) is 0 Å². The average Bonchev–Trinajstić information content (AvgIpc) is 3.16. The van der Waals surface area contributed by atoms with Crippen molar-refractivity contribution in [3.8, 4) is 0 Å². The van der Waals surface area contributed by atoms with Crippen molar-refractivity contribution < 1.29 is 9.59 Å². The van der Waals surface area contributed by atoms with E-state index in [0.717, 1.165) is 33.4 Å². The third-order valence-corrected chi connectivity index (χ3v) is 6.22. The first-order valence-corrected chi connectivity index (χ1v) is 11.7. The Morgan fingerprint density at radius 2 is 1.70 bits per heavy atom. The number of imidazole rings is 1. The van der Waals surface area contributed by atoms with Crippen molar-refractivity contribution in [3.63, 3.8) is 0 Å². The number of aryl methyl sites for hydroxylation is 2. The number of carbonyl (C=O) groups is 2. The lowest BCUT2D eigenvalue weighted by Gasteiger charge is -2.12. The number of hydrogen-bond donors (Lipinski definition) is 2. The van der Waals surface area contributed by atoms with E-state index in [-0.39, 0.29) is 24.1 Å². The Labute approximate surface area is 197 Å². The summed E-state index contributed by atoms with van der Waals surface area (Å²) in [6.07, 6.45) is 0. The second kappa shape index (κ2) is 10.4. The van der Waals surface area contributed by atoms with Gasteiger partial charge in [-0.05, 0) is 43.2 Å². The van der Waals surface area contributed by atoms with E-state index < -0.39 is 0 Å². The predicted molar refractivity (Wildman–Crippen MR) is 133 cm³/mol. The van der Waals surface area contributed by atoms with Gasteiger partial charge in [0.25, 0.3) is 0 Å². The maximum absolute atomic E-state index is 12.9. The number of amides is 2. The third kappa shape index (κ3) is 5.81. The van der Waals surface area contributed by atoms with E-state index in [0.29, 0.717) is 11.7 Å². The van der Waals surface area contributed by atoms with Crippen LogP contribution in [0.5, 0.6) is 0 Å². The van der Waals surface area contributed by atoms with Gasteiger partial charge in [0, 0.05) is 12.2 Å². The zero-order valence-electron chi connectivity index (χ0n) is 18.7. The summed E-state index contributed by atoms with van der Waals surface area (Å²) in [6, 6.07) is 23.4. The molecule has 0 saturated carbocycles. The molecule has 0 atom stereocenters. The normalized spacial score (nSPS) is 10.8. The van der Waals surface area contributed by atoms with Crippen LogP contribution in [0.15, 0.2) is 78.0 Å². The van der Waals surface area contributed by atoms with E-state index in [1.54, 1.807) is 0 Å². The number of rotatable bonds is 8. The average molecular weight is 459 g/mol. The predicted octanol–water partition coefficient (Wildman–Crippen LogP) is 4.70. The quantitative estimate of drug-likeness (QED) is 0.375. The van der Waals surface area contributed by atoms with Gasteiger partial charge in [-0.15, -0.1) is 0 Å². The van der Waals surface area contributed by atoms with Gasteiger partial charge < -0.3 is 15.2 Å². The molecular weight excluding hydrogens is 432 g/mol. The highest BCUT2D eigenvalue weighted by Crippen LogP contribution is 2.24. The van der Waals surface area contributed by atoms with Crippen LogP contribution in [0.2, 0.25) is 0 Å². The van der Waals surface area contributed by atoms with Gasteiger partial charge in [-0.1, -0.05) is 71.9 Å². The Bertz CT molecular complexity index is 1280. The van der Waals surface area contributed by atoms with E-state index in [1.807, 2.05) is 91.2 Å². The molecule has 0 aliphatic carbocycles. The molecule has 0 saturated heterocycles. The van der Waals surface area contributed by atoms with Gasteiger partial charge in [-0.3, -0.25) is 9.59 Å². The SMILES string of the molecule is Cc1ccc(NC(=O)Cn2c(SCC(=O)NCc3ccccc3)nc3ccccc32)c(C)c1. The fourth-order valence-electron chi connectivity index (χ4n) is 3.58. The minimum absolute atomic E-state index is 0.0813. The maximum atomic E-state index is 12.9. The monoisotopic (exact) mass is 458 g/mol. The Morgan fingerprint density at radius 1 is 0.939 bits per heavy atom. The highest BCUT2D eigenvalue weighted by molar-refractivity contribution is 7.99. The molecule has 2 amide bonds. The summed E-state index contributed by atoms with van der Waals surface area (Å²) < 4.78 is 1.86.